The Hall–Kier alpha value is -0.940. The number of hydrogen-bond acceptors (Lipinski definition) is 2. The van der Waals surface area contributed by atoms with Crippen LogP contribution in [0.4, 0.5) is 13.2 Å². The summed E-state index contributed by atoms with van der Waals surface area (Å²) in [6, 6.07) is 2.09. The highest BCUT2D eigenvalue weighted by molar-refractivity contribution is 6.31. The van der Waals surface area contributed by atoms with Gasteiger partial charge >= 0.3 is 0 Å². The van der Waals surface area contributed by atoms with E-state index in [2.05, 4.69) is 0 Å². The third-order valence-electron chi connectivity index (χ3n) is 2.10. The number of halogens is 4. The van der Waals surface area contributed by atoms with Crippen molar-refractivity contribution in [3.8, 4) is 5.75 Å². The van der Waals surface area contributed by atoms with Crippen LogP contribution in [0.2, 0.25) is 5.02 Å². The highest BCUT2D eigenvalue weighted by Gasteiger charge is 2.37. The highest BCUT2D eigenvalue weighted by Crippen LogP contribution is 2.42. The monoisotopic (exact) mass is 253 g/mol. The van der Waals surface area contributed by atoms with Crippen LogP contribution >= 0.6 is 11.6 Å². The van der Waals surface area contributed by atoms with E-state index < -0.39 is 28.7 Å². The number of benzene rings is 1. The molecule has 1 aromatic carbocycles. The lowest BCUT2D eigenvalue weighted by Gasteiger charge is -2.20. The first-order valence-electron chi connectivity index (χ1n) is 4.54. The maximum absolute atomic E-state index is 13.6. The molecule has 0 aliphatic carbocycles. The highest BCUT2D eigenvalue weighted by atomic mass is 35.5. The van der Waals surface area contributed by atoms with Gasteiger partial charge < -0.3 is 10.5 Å². The lowest BCUT2D eigenvalue weighted by atomic mass is 10.0. The van der Waals surface area contributed by atoms with Crippen molar-refractivity contribution in [3.63, 3.8) is 0 Å². The molecule has 0 unspecified atom stereocenters. The van der Waals surface area contributed by atoms with Crippen molar-refractivity contribution in [1.29, 1.82) is 0 Å². The van der Waals surface area contributed by atoms with E-state index in [0.717, 1.165) is 12.1 Å². The van der Waals surface area contributed by atoms with Gasteiger partial charge in [0, 0.05) is 6.42 Å². The van der Waals surface area contributed by atoms with Crippen LogP contribution in [0.25, 0.3) is 0 Å². The molecule has 0 aromatic heterocycles. The van der Waals surface area contributed by atoms with E-state index in [1.807, 2.05) is 0 Å². The standard InChI is InChI=1S/C10H11ClF3NO/c1-16-7-3-2-6(12)9(11)8(7)10(13,14)4-5-15/h2-3H,4-5,15H2,1H3. The van der Waals surface area contributed by atoms with E-state index in [4.69, 9.17) is 22.1 Å². The van der Waals surface area contributed by atoms with Crippen LogP contribution in [-0.4, -0.2) is 13.7 Å². The summed E-state index contributed by atoms with van der Waals surface area (Å²) in [6.45, 7) is -0.233. The number of hydrogen-bond donors (Lipinski definition) is 1. The van der Waals surface area contributed by atoms with Gasteiger partial charge in [0.2, 0.25) is 0 Å². The second-order valence-electron chi connectivity index (χ2n) is 3.18. The van der Waals surface area contributed by atoms with Crippen molar-refractivity contribution in [2.24, 2.45) is 5.73 Å². The van der Waals surface area contributed by atoms with E-state index in [9.17, 15) is 13.2 Å². The molecule has 16 heavy (non-hydrogen) atoms. The minimum Gasteiger partial charge on any atom is -0.496 e. The Morgan fingerprint density at radius 2 is 2.06 bits per heavy atom. The third kappa shape index (κ3) is 2.41. The van der Waals surface area contributed by atoms with Gasteiger partial charge in [0.15, 0.2) is 0 Å². The van der Waals surface area contributed by atoms with E-state index in [-0.39, 0.29) is 12.3 Å². The Morgan fingerprint density at radius 1 is 1.44 bits per heavy atom. The second-order valence-corrected chi connectivity index (χ2v) is 3.56. The van der Waals surface area contributed by atoms with Gasteiger partial charge in [0.1, 0.15) is 11.6 Å². The van der Waals surface area contributed by atoms with E-state index in [0.29, 0.717) is 0 Å². The molecule has 0 spiro atoms. The predicted molar refractivity (Wildman–Crippen MR) is 55.5 cm³/mol. The molecule has 1 aromatic rings. The molecule has 0 saturated carbocycles. The maximum Gasteiger partial charge on any atom is 0.279 e. The molecule has 0 bridgehead atoms. The molecule has 0 radical (unpaired) electrons. The van der Waals surface area contributed by atoms with Crippen molar-refractivity contribution in [2.45, 2.75) is 12.3 Å². The smallest absolute Gasteiger partial charge is 0.279 e. The predicted octanol–water partition coefficient (Wildman–Crippen LogP) is 2.93. The zero-order valence-corrected chi connectivity index (χ0v) is 9.32. The average molecular weight is 254 g/mol. The number of alkyl halides is 2. The van der Waals surface area contributed by atoms with E-state index in [1.54, 1.807) is 0 Å². The van der Waals surface area contributed by atoms with Crippen molar-refractivity contribution in [1.82, 2.24) is 0 Å². The Morgan fingerprint density at radius 3 is 2.56 bits per heavy atom. The first-order valence-corrected chi connectivity index (χ1v) is 4.92. The fraction of sp³-hybridized carbons (Fsp3) is 0.400. The average Bonchev–Trinajstić information content (AvgIpc) is 2.21. The first-order chi connectivity index (χ1) is 7.44. The van der Waals surface area contributed by atoms with E-state index in [1.165, 1.54) is 7.11 Å². The first kappa shape index (κ1) is 13.1. The zero-order valence-electron chi connectivity index (χ0n) is 8.57. The summed E-state index contributed by atoms with van der Waals surface area (Å²) in [5, 5.41) is -0.627. The molecular formula is C10H11ClF3NO. The molecule has 0 saturated heterocycles. The van der Waals surface area contributed by atoms with Crippen LogP contribution in [0, 0.1) is 5.82 Å². The van der Waals surface area contributed by atoms with Gasteiger partial charge in [-0.1, -0.05) is 11.6 Å². The summed E-state index contributed by atoms with van der Waals surface area (Å²) in [5.74, 6) is -4.36. The Balaban J connectivity index is 3.34. The van der Waals surface area contributed by atoms with Gasteiger partial charge in [0.25, 0.3) is 5.92 Å². The van der Waals surface area contributed by atoms with Crippen LogP contribution in [-0.2, 0) is 5.92 Å². The fourth-order valence-corrected chi connectivity index (χ4v) is 1.64. The molecule has 2 N–H and O–H groups in total. The molecule has 0 amide bonds. The van der Waals surface area contributed by atoms with Crippen LogP contribution < -0.4 is 10.5 Å². The van der Waals surface area contributed by atoms with Crippen molar-refractivity contribution < 1.29 is 17.9 Å². The zero-order chi connectivity index (χ0) is 12.3. The largest absolute Gasteiger partial charge is 0.496 e. The Labute approximate surface area is 96.1 Å². The fourth-order valence-electron chi connectivity index (χ4n) is 1.35. The molecule has 0 heterocycles. The topological polar surface area (TPSA) is 35.2 Å². The molecule has 0 aliphatic heterocycles. The minimum atomic E-state index is -3.31. The van der Waals surface area contributed by atoms with Crippen LogP contribution in [0.3, 0.4) is 0 Å². The van der Waals surface area contributed by atoms with Gasteiger partial charge in [-0.25, -0.2) is 13.2 Å². The maximum atomic E-state index is 13.6. The Bertz CT molecular complexity index is 385. The number of nitrogens with two attached hydrogens (primary N) is 1. The van der Waals surface area contributed by atoms with Crippen molar-refractivity contribution in [3.05, 3.63) is 28.5 Å². The molecule has 0 fully saturated rings. The van der Waals surface area contributed by atoms with Crippen LogP contribution in [0.5, 0.6) is 5.75 Å². The number of methoxy groups -OCH3 is 1. The second kappa shape index (κ2) is 4.93. The summed E-state index contributed by atoms with van der Waals surface area (Å²) < 4.78 is 45.1. The Kier molecular flexibility index (Phi) is 4.04. The normalized spacial score (nSPS) is 11.6. The molecule has 2 nitrogen and oxygen atoms in total. The number of ether oxygens (including phenoxy) is 1. The van der Waals surface area contributed by atoms with Gasteiger partial charge in [-0.3, -0.25) is 0 Å². The minimum absolute atomic E-state index is 0.148. The molecule has 90 valence electrons. The third-order valence-corrected chi connectivity index (χ3v) is 2.47. The molecule has 0 atom stereocenters. The number of rotatable bonds is 4. The van der Waals surface area contributed by atoms with Gasteiger partial charge in [0.05, 0.1) is 17.7 Å². The SMILES string of the molecule is COc1ccc(F)c(Cl)c1C(F)(F)CCN. The van der Waals surface area contributed by atoms with Gasteiger partial charge in [-0.05, 0) is 18.7 Å². The van der Waals surface area contributed by atoms with Crippen molar-refractivity contribution in [2.75, 3.05) is 13.7 Å². The van der Waals surface area contributed by atoms with E-state index >= 15 is 0 Å². The summed E-state index contributed by atoms with van der Waals surface area (Å²) >= 11 is 5.52. The van der Waals surface area contributed by atoms with Crippen LogP contribution in [0.15, 0.2) is 12.1 Å². The molecule has 1 rings (SSSR count). The summed E-state index contributed by atoms with van der Waals surface area (Å²) in [6.07, 6.45) is -0.619. The van der Waals surface area contributed by atoms with Gasteiger partial charge in [-0.2, -0.15) is 0 Å². The van der Waals surface area contributed by atoms with Crippen molar-refractivity contribution >= 4 is 11.6 Å². The molecular weight excluding hydrogens is 243 g/mol. The lowest BCUT2D eigenvalue weighted by Crippen LogP contribution is -2.20. The van der Waals surface area contributed by atoms with Gasteiger partial charge in [-0.15, -0.1) is 0 Å². The quantitative estimate of drug-likeness (QED) is 0.895. The summed E-state index contributed by atoms with van der Waals surface area (Å²) in [5.41, 5.74) is 4.42. The lowest BCUT2D eigenvalue weighted by molar-refractivity contribution is -0.0129. The summed E-state index contributed by atoms with van der Waals surface area (Å²) in [4.78, 5) is 0. The molecule has 0 aliphatic rings. The summed E-state index contributed by atoms with van der Waals surface area (Å²) in [7, 11) is 1.21. The van der Waals surface area contributed by atoms with Crippen LogP contribution in [0.1, 0.15) is 12.0 Å². The molecule has 6 heteroatoms.